The summed E-state index contributed by atoms with van der Waals surface area (Å²) in [7, 11) is 1.49. The van der Waals surface area contributed by atoms with E-state index >= 15 is 0 Å². The summed E-state index contributed by atoms with van der Waals surface area (Å²) < 4.78 is 38.0. The quantitative estimate of drug-likeness (QED) is 0.902. The largest absolute Gasteiger partial charge is 0.417 e. The molecule has 20 heavy (non-hydrogen) atoms. The Kier molecular flexibility index (Phi) is 3.75. The number of tetrazole rings is 1. The molecule has 0 saturated carbocycles. The van der Waals surface area contributed by atoms with Gasteiger partial charge in [-0.05, 0) is 23.4 Å². The van der Waals surface area contributed by atoms with E-state index in [-0.39, 0.29) is 16.0 Å². The zero-order valence-corrected chi connectivity index (χ0v) is 11.5. The Morgan fingerprint density at radius 3 is 2.65 bits per heavy atom. The van der Waals surface area contributed by atoms with Crippen molar-refractivity contribution in [3.05, 3.63) is 33.8 Å². The summed E-state index contributed by atoms with van der Waals surface area (Å²) in [6.45, 7) is 0. The number of hydrogen-bond acceptors (Lipinski definition) is 4. The van der Waals surface area contributed by atoms with E-state index in [2.05, 4.69) is 36.7 Å². The third-order valence-corrected chi connectivity index (χ3v) is 2.96. The van der Waals surface area contributed by atoms with Gasteiger partial charge >= 0.3 is 6.18 Å². The summed E-state index contributed by atoms with van der Waals surface area (Å²) in [6, 6.07) is 3.16. The Bertz CT molecular complexity index is 655. The monoisotopic (exact) mass is 349 g/mol. The van der Waals surface area contributed by atoms with Crippen molar-refractivity contribution in [2.45, 2.75) is 6.18 Å². The first-order valence-corrected chi connectivity index (χ1v) is 5.99. The highest BCUT2D eigenvalue weighted by molar-refractivity contribution is 9.10. The van der Waals surface area contributed by atoms with Crippen LogP contribution in [-0.4, -0.2) is 26.1 Å². The molecular weight excluding hydrogens is 343 g/mol. The molecule has 6 nitrogen and oxygen atoms in total. The van der Waals surface area contributed by atoms with Crippen molar-refractivity contribution in [2.75, 3.05) is 5.32 Å². The van der Waals surface area contributed by atoms with E-state index in [9.17, 15) is 18.0 Å². The van der Waals surface area contributed by atoms with Crippen molar-refractivity contribution < 1.29 is 18.0 Å². The first-order valence-electron chi connectivity index (χ1n) is 5.19. The lowest BCUT2D eigenvalue weighted by Crippen LogP contribution is -2.15. The smallest absolute Gasteiger partial charge is 0.288 e. The summed E-state index contributed by atoms with van der Waals surface area (Å²) in [5, 5.41) is 12.9. The van der Waals surface area contributed by atoms with Crippen molar-refractivity contribution in [1.82, 2.24) is 20.2 Å². The maximum absolute atomic E-state index is 12.7. The zero-order valence-electron chi connectivity index (χ0n) is 9.94. The second kappa shape index (κ2) is 5.19. The maximum atomic E-state index is 12.7. The molecule has 1 heterocycles. The third-order valence-electron chi connectivity index (χ3n) is 2.27. The molecule has 0 radical (unpaired) electrons. The first-order chi connectivity index (χ1) is 9.27. The van der Waals surface area contributed by atoms with Gasteiger partial charge in [0.15, 0.2) is 0 Å². The van der Waals surface area contributed by atoms with Gasteiger partial charge in [0.2, 0.25) is 0 Å². The average Bonchev–Trinajstić information content (AvgIpc) is 2.73. The minimum atomic E-state index is -4.56. The van der Waals surface area contributed by atoms with E-state index in [1.807, 2.05) is 0 Å². The Hall–Kier alpha value is -1.97. The predicted octanol–water partition coefficient (Wildman–Crippen LogP) is 2.24. The van der Waals surface area contributed by atoms with E-state index in [0.717, 1.165) is 16.9 Å². The van der Waals surface area contributed by atoms with E-state index < -0.39 is 17.6 Å². The van der Waals surface area contributed by atoms with Gasteiger partial charge in [-0.25, -0.2) is 0 Å². The number of carbonyl (C=O) groups is 1. The fraction of sp³-hybridized carbons (Fsp3) is 0.200. The van der Waals surface area contributed by atoms with Crippen LogP contribution in [0.2, 0.25) is 0 Å². The summed E-state index contributed by atoms with van der Waals surface area (Å²) >= 11 is 2.80. The minimum absolute atomic E-state index is 0.0889. The number of hydrogen-bond donors (Lipinski definition) is 1. The molecule has 1 aromatic heterocycles. The van der Waals surface area contributed by atoms with Crippen molar-refractivity contribution in [3.8, 4) is 0 Å². The number of nitrogens with zero attached hydrogens (tertiary/aromatic N) is 4. The average molecular weight is 350 g/mol. The van der Waals surface area contributed by atoms with Crippen LogP contribution in [0.1, 0.15) is 15.9 Å². The number of rotatable bonds is 2. The van der Waals surface area contributed by atoms with Gasteiger partial charge in [-0.3, -0.25) is 10.1 Å². The van der Waals surface area contributed by atoms with Crippen molar-refractivity contribution >= 4 is 27.8 Å². The van der Waals surface area contributed by atoms with Gasteiger partial charge in [-0.2, -0.15) is 18.0 Å². The highest BCUT2D eigenvalue weighted by atomic mass is 79.9. The standard InChI is InChI=1S/C10H7BrF3N5O/c1-19-17-9(16-18-19)15-8(20)5-2-3-7(11)6(4-5)10(12,13)14/h2-4H,1H3,(H,15,17,20). The molecule has 1 aromatic carbocycles. The molecule has 0 aliphatic rings. The molecule has 0 saturated heterocycles. The number of halogens is 4. The molecule has 0 atom stereocenters. The van der Waals surface area contributed by atoms with Gasteiger partial charge in [0, 0.05) is 10.0 Å². The number of amides is 1. The molecule has 0 fully saturated rings. The van der Waals surface area contributed by atoms with Crippen molar-refractivity contribution in [3.63, 3.8) is 0 Å². The molecule has 0 aliphatic heterocycles. The van der Waals surface area contributed by atoms with Crippen LogP contribution in [0.5, 0.6) is 0 Å². The second-order valence-corrected chi connectivity index (χ2v) is 4.60. The summed E-state index contributed by atoms with van der Waals surface area (Å²) in [4.78, 5) is 12.9. The molecule has 1 N–H and O–H groups in total. The van der Waals surface area contributed by atoms with Crippen LogP contribution in [0.3, 0.4) is 0 Å². The molecule has 0 bridgehead atoms. The lowest BCUT2D eigenvalue weighted by molar-refractivity contribution is -0.138. The van der Waals surface area contributed by atoms with Crippen LogP contribution < -0.4 is 5.32 Å². The highest BCUT2D eigenvalue weighted by Crippen LogP contribution is 2.35. The molecule has 0 unspecified atom stereocenters. The van der Waals surface area contributed by atoms with Gasteiger partial charge in [0.05, 0.1) is 12.6 Å². The molecular formula is C10H7BrF3N5O. The molecule has 106 valence electrons. The van der Waals surface area contributed by atoms with Gasteiger partial charge in [0.1, 0.15) is 0 Å². The lowest BCUT2D eigenvalue weighted by atomic mass is 10.1. The number of nitrogens with one attached hydrogen (secondary N) is 1. The van der Waals surface area contributed by atoms with Crippen LogP contribution in [-0.2, 0) is 13.2 Å². The highest BCUT2D eigenvalue weighted by Gasteiger charge is 2.33. The molecule has 0 aliphatic carbocycles. The molecule has 10 heteroatoms. The SMILES string of the molecule is Cn1nnc(NC(=O)c2ccc(Br)c(C(F)(F)F)c2)n1. The van der Waals surface area contributed by atoms with Gasteiger partial charge in [-0.1, -0.05) is 21.0 Å². The number of aryl methyl sites for hydroxylation is 1. The Labute approximate surface area is 119 Å². The number of anilines is 1. The summed E-state index contributed by atoms with van der Waals surface area (Å²) in [6.07, 6.45) is -4.56. The third kappa shape index (κ3) is 3.13. The fourth-order valence-corrected chi connectivity index (χ4v) is 1.86. The fourth-order valence-electron chi connectivity index (χ4n) is 1.39. The zero-order chi connectivity index (χ0) is 14.9. The van der Waals surface area contributed by atoms with Gasteiger partial charge in [0.25, 0.3) is 11.9 Å². The number of aromatic nitrogens is 4. The van der Waals surface area contributed by atoms with Crippen molar-refractivity contribution in [2.24, 2.45) is 7.05 Å². The lowest BCUT2D eigenvalue weighted by Gasteiger charge is -2.10. The van der Waals surface area contributed by atoms with Crippen LogP contribution >= 0.6 is 15.9 Å². The molecule has 0 spiro atoms. The predicted molar refractivity (Wildman–Crippen MR) is 65.9 cm³/mol. The summed E-state index contributed by atoms with van der Waals surface area (Å²) in [5.74, 6) is -0.843. The van der Waals surface area contributed by atoms with Crippen molar-refractivity contribution in [1.29, 1.82) is 0 Å². The van der Waals surface area contributed by atoms with Gasteiger partial charge < -0.3 is 0 Å². The van der Waals surface area contributed by atoms with E-state index in [0.29, 0.717) is 0 Å². The molecule has 2 rings (SSSR count). The van der Waals surface area contributed by atoms with E-state index in [1.54, 1.807) is 0 Å². The van der Waals surface area contributed by atoms with Gasteiger partial charge in [-0.15, -0.1) is 5.10 Å². The summed E-state index contributed by atoms with van der Waals surface area (Å²) in [5.41, 5.74) is -1.09. The van der Waals surface area contributed by atoms with Crippen LogP contribution in [0.25, 0.3) is 0 Å². The number of alkyl halides is 3. The topological polar surface area (TPSA) is 72.7 Å². The van der Waals surface area contributed by atoms with Crippen LogP contribution in [0.15, 0.2) is 22.7 Å². The van der Waals surface area contributed by atoms with Crippen LogP contribution in [0, 0.1) is 0 Å². The first kappa shape index (κ1) is 14.4. The number of benzene rings is 1. The van der Waals surface area contributed by atoms with Crippen LogP contribution in [0.4, 0.5) is 19.1 Å². The molecule has 2 aromatic rings. The number of carbonyl (C=O) groups excluding carboxylic acids is 1. The Morgan fingerprint density at radius 1 is 1.40 bits per heavy atom. The Morgan fingerprint density at radius 2 is 2.10 bits per heavy atom. The van der Waals surface area contributed by atoms with E-state index in [4.69, 9.17) is 0 Å². The maximum Gasteiger partial charge on any atom is 0.417 e. The second-order valence-electron chi connectivity index (χ2n) is 3.75. The normalized spacial score (nSPS) is 11.4. The Balaban J connectivity index is 2.27. The minimum Gasteiger partial charge on any atom is -0.288 e. The van der Waals surface area contributed by atoms with E-state index in [1.165, 1.54) is 13.1 Å². The molecule has 1 amide bonds.